The second kappa shape index (κ2) is 11.0. The highest BCUT2D eigenvalue weighted by Crippen LogP contribution is 2.75. The Bertz CT molecular complexity index is 1460. The molecule has 0 saturated heterocycles. The summed E-state index contributed by atoms with van der Waals surface area (Å²) >= 11 is 0. The predicted molar refractivity (Wildman–Crippen MR) is 180 cm³/mol. The van der Waals surface area contributed by atoms with E-state index >= 15 is 0 Å². The molecule has 6 nitrogen and oxygen atoms in total. The minimum atomic E-state index is -0.407. The van der Waals surface area contributed by atoms with Crippen LogP contribution >= 0.6 is 0 Å². The van der Waals surface area contributed by atoms with Crippen LogP contribution in [0.25, 0.3) is 0 Å². The number of nitrogens with one attached hydrogen (secondary N) is 1. The van der Waals surface area contributed by atoms with Gasteiger partial charge in [-0.2, -0.15) is 0 Å². The largest absolute Gasteiger partial charge is 0.462 e. The van der Waals surface area contributed by atoms with E-state index in [1.54, 1.807) is 0 Å². The van der Waals surface area contributed by atoms with E-state index in [4.69, 9.17) is 9.47 Å². The minimum absolute atomic E-state index is 0.0565. The van der Waals surface area contributed by atoms with E-state index in [0.29, 0.717) is 11.7 Å². The molecule has 1 amide bonds. The zero-order valence-corrected chi connectivity index (χ0v) is 29.8. The number of ether oxygens (including phenoxy) is 2. The van der Waals surface area contributed by atoms with E-state index in [0.717, 1.165) is 68.9 Å². The summed E-state index contributed by atoms with van der Waals surface area (Å²) in [6.45, 7) is 20.2. The predicted octanol–water partition coefficient (Wildman–Crippen LogP) is 8.89. The highest BCUT2D eigenvalue weighted by molar-refractivity contribution is 5.95. The quantitative estimate of drug-likeness (QED) is 0.336. The Morgan fingerprint density at radius 1 is 0.913 bits per heavy atom. The van der Waals surface area contributed by atoms with E-state index in [-0.39, 0.29) is 63.7 Å². The highest BCUT2D eigenvalue weighted by Gasteiger charge is 2.70. The summed E-state index contributed by atoms with van der Waals surface area (Å²) < 4.78 is 11.6. The molecule has 0 radical (unpaired) electrons. The Morgan fingerprint density at radius 3 is 2.30 bits per heavy atom. The number of aryl methyl sites for hydroxylation is 1. The van der Waals surface area contributed by atoms with Gasteiger partial charge in [0, 0.05) is 23.8 Å². The summed E-state index contributed by atoms with van der Waals surface area (Å²) in [4.78, 5) is 39.8. The number of fused-ring (bicyclic) bond motifs is 7. The van der Waals surface area contributed by atoms with Crippen LogP contribution in [0.3, 0.4) is 0 Å². The first-order valence-electron chi connectivity index (χ1n) is 17.8. The van der Waals surface area contributed by atoms with Gasteiger partial charge in [-0.3, -0.25) is 9.59 Å². The second-order valence-electron chi connectivity index (χ2n) is 17.8. The third-order valence-corrected chi connectivity index (χ3v) is 14.8. The molecule has 6 heteroatoms. The van der Waals surface area contributed by atoms with Crippen LogP contribution in [0.1, 0.15) is 124 Å². The Balaban J connectivity index is 1.28. The molecule has 0 aliphatic heterocycles. The standard InChI is InChI=1S/C40H57NO5/c1-25-12-10-11-13-27(25)24-45-34(44)41-37(6)20-18-36(5)19-21-39(8)28(29(36)23-37)22-30(43)33-38(7)16-15-32(46-26(2)42)35(3,4)31(38)14-17-40(33,39)9/h10-13,22,29,31-33H,14-21,23-24H2,1-9H3,(H,41,44)/t29-,31-,32-,33+,36+,37-,38-,39+,40+/m0/s1. The van der Waals surface area contributed by atoms with Gasteiger partial charge in [0.1, 0.15) is 12.7 Å². The molecule has 1 aromatic carbocycles. The minimum Gasteiger partial charge on any atom is -0.462 e. The molecule has 46 heavy (non-hydrogen) atoms. The summed E-state index contributed by atoms with van der Waals surface area (Å²) in [6.07, 6.45) is 10.3. The normalized spacial score (nSPS) is 42.7. The van der Waals surface area contributed by atoms with Gasteiger partial charge in [-0.15, -0.1) is 0 Å². The second-order valence-corrected chi connectivity index (χ2v) is 17.8. The molecule has 0 spiro atoms. The Morgan fingerprint density at radius 2 is 1.61 bits per heavy atom. The fourth-order valence-electron chi connectivity index (χ4n) is 11.9. The van der Waals surface area contributed by atoms with Gasteiger partial charge >= 0.3 is 12.1 Å². The lowest BCUT2D eigenvalue weighted by Gasteiger charge is -2.70. The van der Waals surface area contributed by atoms with E-state index < -0.39 is 5.54 Å². The van der Waals surface area contributed by atoms with Crippen molar-refractivity contribution < 1.29 is 23.9 Å². The van der Waals surface area contributed by atoms with Crippen molar-refractivity contribution in [2.75, 3.05) is 0 Å². The summed E-state index contributed by atoms with van der Waals surface area (Å²) in [5, 5.41) is 3.28. The van der Waals surface area contributed by atoms with E-state index in [2.05, 4.69) is 59.9 Å². The maximum absolute atomic E-state index is 14.7. The number of benzene rings is 1. The van der Waals surface area contributed by atoms with Crippen molar-refractivity contribution in [3.8, 4) is 0 Å². The molecular weight excluding hydrogens is 574 g/mol. The fourth-order valence-corrected chi connectivity index (χ4v) is 11.9. The number of allylic oxidation sites excluding steroid dienone is 2. The molecule has 5 aliphatic rings. The van der Waals surface area contributed by atoms with Gasteiger partial charge in [0.2, 0.25) is 0 Å². The maximum Gasteiger partial charge on any atom is 0.407 e. The molecule has 0 aromatic heterocycles. The zero-order valence-electron chi connectivity index (χ0n) is 29.8. The number of hydrogen-bond acceptors (Lipinski definition) is 5. The van der Waals surface area contributed by atoms with E-state index in [1.165, 1.54) is 12.5 Å². The van der Waals surface area contributed by atoms with Gasteiger partial charge in [-0.1, -0.05) is 71.4 Å². The molecule has 252 valence electrons. The molecule has 4 saturated carbocycles. The molecule has 0 heterocycles. The lowest BCUT2D eigenvalue weighted by Crippen LogP contribution is -2.67. The van der Waals surface area contributed by atoms with Crippen LogP contribution in [0.5, 0.6) is 0 Å². The molecule has 0 bridgehead atoms. The molecule has 5 aliphatic carbocycles. The molecule has 4 fully saturated rings. The lowest BCUT2D eigenvalue weighted by molar-refractivity contribution is -0.210. The Kier molecular flexibility index (Phi) is 7.92. The van der Waals surface area contributed by atoms with Crippen molar-refractivity contribution in [3.63, 3.8) is 0 Å². The van der Waals surface area contributed by atoms with Crippen LogP contribution < -0.4 is 5.32 Å². The first-order chi connectivity index (χ1) is 21.4. The molecule has 1 N–H and O–H groups in total. The number of esters is 1. The number of carbonyl (C=O) groups excluding carboxylic acids is 3. The average Bonchev–Trinajstić information content (AvgIpc) is 2.96. The van der Waals surface area contributed by atoms with E-state index in [9.17, 15) is 14.4 Å². The van der Waals surface area contributed by atoms with Crippen LogP contribution in [-0.2, 0) is 25.7 Å². The molecular formula is C40H57NO5. The van der Waals surface area contributed by atoms with Crippen LogP contribution in [-0.4, -0.2) is 29.5 Å². The highest BCUT2D eigenvalue weighted by atomic mass is 16.5. The summed E-state index contributed by atoms with van der Waals surface area (Å²) in [7, 11) is 0. The molecule has 6 rings (SSSR count). The number of rotatable bonds is 4. The topological polar surface area (TPSA) is 81.7 Å². The first-order valence-corrected chi connectivity index (χ1v) is 17.8. The van der Waals surface area contributed by atoms with Gasteiger partial charge < -0.3 is 14.8 Å². The van der Waals surface area contributed by atoms with Crippen molar-refractivity contribution in [2.45, 2.75) is 138 Å². The van der Waals surface area contributed by atoms with Crippen LogP contribution in [0.4, 0.5) is 4.79 Å². The van der Waals surface area contributed by atoms with Gasteiger partial charge in [0.05, 0.1) is 0 Å². The van der Waals surface area contributed by atoms with Crippen molar-refractivity contribution in [1.29, 1.82) is 0 Å². The first kappa shape index (κ1) is 33.3. The Labute approximate surface area is 276 Å². The smallest absolute Gasteiger partial charge is 0.407 e. The number of carbonyl (C=O) groups is 3. The third-order valence-electron chi connectivity index (χ3n) is 14.8. The zero-order chi connectivity index (χ0) is 33.5. The number of hydrogen-bond donors (Lipinski definition) is 1. The molecule has 0 unspecified atom stereocenters. The third kappa shape index (κ3) is 4.98. The Hall–Kier alpha value is -2.63. The van der Waals surface area contributed by atoms with Gasteiger partial charge in [0.15, 0.2) is 5.78 Å². The lowest BCUT2D eigenvalue weighted by atomic mass is 9.33. The van der Waals surface area contributed by atoms with Crippen LogP contribution in [0.2, 0.25) is 0 Å². The number of amides is 1. The monoisotopic (exact) mass is 631 g/mol. The SMILES string of the molecule is CC(=O)O[C@H]1CC[C@]2(C)[C@H]3C(=O)C=C4[C@@H]5C[C@@](C)(NC(=O)OCc6ccccc6C)CC[C@]5(C)CC[C@@]4(C)[C@]3(C)CC[C@H]2C1(C)C. The van der Waals surface area contributed by atoms with Gasteiger partial charge in [-0.05, 0) is 122 Å². The van der Waals surface area contributed by atoms with Crippen molar-refractivity contribution in [3.05, 3.63) is 47.0 Å². The summed E-state index contributed by atoms with van der Waals surface area (Å²) in [5.41, 5.74) is 2.56. The van der Waals surface area contributed by atoms with Gasteiger partial charge in [0.25, 0.3) is 0 Å². The fraction of sp³-hybridized carbons (Fsp3) is 0.725. The number of alkyl carbamates (subject to hydrolysis) is 1. The van der Waals surface area contributed by atoms with Gasteiger partial charge in [-0.25, -0.2) is 4.79 Å². The number of ketones is 1. The summed E-state index contributed by atoms with van der Waals surface area (Å²) in [5.74, 6) is 0.561. The molecule has 1 aromatic rings. The van der Waals surface area contributed by atoms with Crippen molar-refractivity contribution >= 4 is 17.8 Å². The van der Waals surface area contributed by atoms with Crippen LogP contribution in [0, 0.1) is 51.8 Å². The average molecular weight is 632 g/mol. The molecule has 9 atom stereocenters. The van der Waals surface area contributed by atoms with Crippen molar-refractivity contribution in [1.82, 2.24) is 5.32 Å². The van der Waals surface area contributed by atoms with E-state index in [1.807, 2.05) is 31.2 Å². The van der Waals surface area contributed by atoms with Crippen molar-refractivity contribution in [2.24, 2.45) is 44.8 Å². The summed E-state index contributed by atoms with van der Waals surface area (Å²) in [6, 6.07) is 8.00. The van der Waals surface area contributed by atoms with Crippen LogP contribution in [0.15, 0.2) is 35.9 Å². The maximum atomic E-state index is 14.7.